The maximum Gasteiger partial charge on any atom is 0.240 e. The van der Waals surface area contributed by atoms with Gasteiger partial charge in [0.1, 0.15) is 18.9 Å². The van der Waals surface area contributed by atoms with Crippen LogP contribution in [0.5, 0.6) is 5.75 Å². The molecule has 0 saturated heterocycles. The van der Waals surface area contributed by atoms with Crippen LogP contribution in [-0.4, -0.2) is 40.3 Å². The number of carbonyl (C=O) groups is 1. The minimum Gasteiger partial charge on any atom is -0.492 e. The van der Waals surface area contributed by atoms with Crippen LogP contribution in [0.1, 0.15) is 44.1 Å². The van der Waals surface area contributed by atoms with Gasteiger partial charge in [-0.05, 0) is 104 Å². The van der Waals surface area contributed by atoms with E-state index in [1.165, 1.54) is 48.4 Å². The number of sulfonamides is 1. The van der Waals surface area contributed by atoms with Gasteiger partial charge in [0, 0.05) is 5.02 Å². The summed E-state index contributed by atoms with van der Waals surface area (Å²) in [6, 6.07) is 14.9. The van der Waals surface area contributed by atoms with E-state index < -0.39 is 10.0 Å². The smallest absolute Gasteiger partial charge is 0.240 e. The number of hydrogen-bond donors (Lipinski definition) is 1. The summed E-state index contributed by atoms with van der Waals surface area (Å²) in [5, 5.41) is 3.36. The topological polar surface area (TPSA) is 75.7 Å². The molecule has 8 heteroatoms. The van der Waals surface area contributed by atoms with Crippen molar-refractivity contribution in [3.8, 4) is 5.75 Å². The van der Waals surface area contributed by atoms with Gasteiger partial charge in [0.05, 0.1) is 18.5 Å². The van der Waals surface area contributed by atoms with Gasteiger partial charge in [0.25, 0.3) is 0 Å². The molecule has 6 nitrogen and oxygen atoms in total. The fourth-order valence-corrected chi connectivity index (χ4v) is 7.90. The maximum absolute atomic E-state index is 12.5. The average Bonchev–Trinajstić information content (AvgIpc) is 2.80. The van der Waals surface area contributed by atoms with Crippen LogP contribution in [0.4, 0.5) is 5.69 Å². The molecule has 4 saturated carbocycles. The number of hydrogen-bond acceptors (Lipinski definition) is 4. The first-order valence-corrected chi connectivity index (χ1v) is 14.7. The van der Waals surface area contributed by atoms with Crippen LogP contribution >= 0.6 is 11.6 Å². The minimum atomic E-state index is -3.62. The van der Waals surface area contributed by atoms with Crippen LogP contribution in [0.15, 0.2) is 48.5 Å². The third-order valence-electron chi connectivity index (χ3n) is 8.00. The van der Waals surface area contributed by atoms with Crippen LogP contribution < -0.4 is 14.4 Å². The highest BCUT2D eigenvalue weighted by Gasteiger charge is 2.51. The molecule has 35 heavy (non-hydrogen) atoms. The Morgan fingerprint density at radius 2 is 1.57 bits per heavy atom. The van der Waals surface area contributed by atoms with Crippen LogP contribution in [-0.2, 0) is 20.2 Å². The summed E-state index contributed by atoms with van der Waals surface area (Å²) in [6.45, 7) is 0.270. The van der Waals surface area contributed by atoms with Crippen molar-refractivity contribution in [1.29, 1.82) is 0 Å². The maximum atomic E-state index is 12.5. The molecular weight excluding hydrogens is 484 g/mol. The van der Waals surface area contributed by atoms with Crippen molar-refractivity contribution in [3.05, 3.63) is 59.1 Å². The number of carbonyl (C=O) groups excluding carboxylic acids is 1. The summed E-state index contributed by atoms with van der Waals surface area (Å²) in [5.41, 5.74) is 2.11. The van der Waals surface area contributed by atoms with Crippen molar-refractivity contribution in [3.63, 3.8) is 0 Å². The Hall–Kier alpha value is -2.25. The molecule has 2 aromatic rings. The standard InChI is InChI=1S/C27H33ClN2O4S/c1-35(32,33)30(18-26(31)29-10-11-34-25-8-4-23(28)5-9-25)24-6-2-22(3-7-24)27-15-19-12-20(16-27)14-21(13-19)17-27/h2-9,19-21H,10-18H2,1H3,(H,29,31). The minimum absolute atomic E-state index is 0.255. The summed E-state index contributed by atoms with van der Waals surface area (Å²) >= 11 is 5.86. The van der Waals surface area contributed by atoms with Crippen LogP contribution in [0.25, 0.3) is 0 Å². The fraction of sp³-hybridized carbons (Fsp3) is 0.519. The van der Waals surface area contributed by atoms with E-state index in [1.54, 1.807) is 24.3 Å². The average molecular weight is 517 g/mol. The SMILES string of the molecule is CS(=O)(=O)N(CC(=O)NCCOc1ccc(Cl)cc1)c1ccc(C23CC4CC(CC(C4)C2)C3)cc1. The van der Waals surface area contributed by atoms with Gasteiger partial charge in [0.15, 0.2) is 0 Å². The number of nitrogens with zero attached hydrogens (tertiary/aromatic N) is 1. The first-order chi connectivity index (χ1) is 16.7. The number of amides is 1. The predicted octanol–water partition coefficient (Wildman–Crippen LogP) is 4.77. The van der Waals surface area contributed by atoms with Crippen molar-refractivity contribution in [2.45, 2.75) is 43.9 Å². The van der Waals surface area contributed by atoms with Crippen molar-refractivity contribution in [2.75, 3.05) is 30.3 Å². The van der Waals surface area contributed by atoms with Crippen LogP contribution in [0.3, 0.4) is 0 Å². The van der Waals surface area contributed by atoms with Crippen molar-refractivity contribution < 1.29 is 17.9 Å². The molecule has 1 N–H and O–H groups in total. The van der Waals surface area contributed by atoms with Crippen LogP contribution in [0.2, 0.25) is 5.02 Å². The van der Waals surface area contributed by atoms with Gasteiger partial charge >= 0.3 is 0 Å². The predicted molar refractivity (Wildman–Crippen MR) is 138 cm³/mol. The third kappa shape index (κ3) is 5.46. The lowest BCUT2D eigenvalue weighted by atomic mass is 9.48. The zero-order valence-corrected chi connectivity index (χ0v) is 21.7. The molecule has 0 aromatic heterocycles. The number of nitrogens with one attached hydrogen (secondary N) is 1. The number of anilines is 1. The Kier molecular flexibility index (Phi) is 6.75. The van der Waals surface area contributed by atoms with Crippen molar-refractivity contribution >= 4 is 33.2 Å². The molecule has 0 unspecified atom stereocenters. The molecule has 0 spiro atoms. The van der Waals surface area contributed by atoms with Crippen molar-refractivity contribution in [2.24, 2.45) is 17.8 Å². The van der Waals surface area contributed by atoms with E-state index in [2.05, 4.69) is 17.4 Å². The molecular formula is C27H33ClN2O4S. The Bertz CT molecular complexity index is 1130. The quantitative estimate of drug-likeness (QED) is 0.487. The second-order valence-electron chi connectivity index (χ2n) is 10.7. The summed E-state index contributed by atoms with van der Waals surface area (Å²) < 4.78 is 31.8. The summed E-state index contributed by atoms with van der Waals surface area (Å²) in [6.07, 6.45) is 9.08. The summed E-state index contributed by atoms with van der Waals surface area (Å²) in [4.78, 5) is 12.5. The van der Waals surface area contributed by atoms with E-state index in [1.807, 2.05) is 12.1 Å². The molecule has 188 valence electrons. The highest BCUT2D eigenvalue weighted by atomic mass is 35.5. The van der Waals surface area contributed by atoms with E-state index >= 15 is 0 Å². The molecule has 0 radical (unpaired) electrons. The van der Waals surface area contributed by atoms with Gasteiger partial charge in [-0.1, -0.05) is 23.7 Å². The first-order valence-electron chi connectivity index (χ1n) is 12.4. The number of benzene rings is 2. The monoisotopic (exact) mass is 516 g/mol. The normalized spacial score (nSPS) is 27.0. The fourth-order valence-electron chi connectivity index (χ4n) is 6.92. The molecule has 4 bridgehead atoms. The second kappa shape index (κ2) is 9.66. The summed E-state index contributed by atoms with van der Waals surface area (Å²) in [5.74, 6) is 2.82. The molecule has 6 rings (SSSR count). The lowest BCUT2D eigenvalue weighted by molar-refractivity contribution is -0.119. The molecule has 0 atom stereocenters. The van der Waals surface area contributed by atoms with Gasteiger partial charge < -0.3 is 10.1 Å². The molecule has 1 amide bonds. The van der Waals surface area contributed by atoms with Crippen molar-refractivity contribution in [1.82, 2.24) is 5.32 Å². The second-order valence-corrected chi connectivity index (χ2v) is 13.0. The van der Waals surface area contributed by atoms with Gasteiger partial charge in [-0.3, -0.25) is 9.10 Å². The van der Waals surface area contributed by atoms with Gasteiger partial charge in [-0.25, -0.2) is 8.42 Å². The largest absolute Gasteiger partial charge is 0.492 e. The summed E-state index contributed by atoms with van der Waals surface area (Å²) in [7, 11) is -3.62. The lowest BCUT2D eigenvalue weighted by Gasteiger charge is -2.57. The molecule has 4 aliphatic rings. The molecule has 4 fully saturated rings. The highest BCUT2D eigenvalue weighted by Crippen LogP contribution is 2.60. The molecule has 2 aromatic carbocycles. The van der Waals surface area contributed by atoms with Gasteiger partial charge in [-0.2, -0.15) is 0 Å². The van der Waals surface area contributed by atoms with E-state index in [4.69, 9.17) is 16.3 Å². The molecule has 0 aliphatic heterocycles. The van der Waals surface area contributed by atoms with Gasteiger partial charge in [-0.15, -0.1) is 0 Å². The third-order valence-corrected chi connectivity index (χ3v) is 9.39. The number of halogens is 1. The Morgan fingerprint density at radius 3 is 2.11 bits per heavy atom. The zero-order chi connectivity index (χ0) is 24.6. The van der Waals surface area contributed by atoms with E-state index in [0.717, 1.165) is 24.0 Å². The molecule has 0 heterocycles. The van der Waals surface area contributed by atoms with Gasteiger partial charge in [0.2, 0.25) is 15.9 Å². The lowest BCUT2D eigenvalue weighted by Crippen LogP contribution is -2.48. The number of ether oxygens (including phenoxy) is 1. The Balaban J connectivity index is 1.20. The highest BCUT2D eigenvalue weighted by molar-refractivity contribution is 7.92. The Morgan fingerprint density at radius 1 is 1.00 bits per heavy atom. The van der Waals surface area contributed by atoms with E-state index in [9.17, 15) is 13.2 Å². The molecule has 4 aliphatic carbocycles. The Labute approximate surface area is 213 Å². The van der Waals surface area contributed by atoms with Crippen LogP contribution in [0, 0.1) is 17.8 Å². The number of rotatable bonds is 9. The first kappa shape index (κ1) is 24.4. The van der Waals surface area contributed by atoms with E-state index in [-0.39, 0.29) is 31.0 Å². The zero-order valence-electron chi connectivity index (χ0n) is 20.1. The van der Waals surface area contributed by atoms with E-state index in [0.29, 0.717) is 16.5 Å².